The Morgan fingerprint density at radius 1 is 1.11 bits per heavy atom. The molecule has 0 amide bonds. The number of phenols is 1. The van der Waals surface area contributed by atoms with E-state index in [1.54, 1.807) is 12.1 Å². The fraction of sp³-hybridized carbons (Fsp3) is 0.409. The number of ether oxygens (including phenoxy) is 1. The molecule has 1 fully saturated rings. The minimum absolute atomic E-state index is 0.302. The minimum atomic E-state index is -0.963. The van der Waals surface area contributed by atoms with E-state index in [-0.39, 0.29) is 6.61 Å². The molecule has 144 valence electrons. The Morgan fingerprint density at radius 2 is 1.89 bits per heavy atom. The number of carbonyl (C=O) groups is 1. The molecule has 5 heteroatoms. The number of likely N-dealkylation sites (tertiary alicyclic amines) is 1. The van der Waals surface area contributed by atoms with E-state index in [1.165, 1.54) is 24.8 Å². The lowest BCUT2D eigenvalue weighted by Crippen LogP contribution is -2.39. The van der Waals surface area contributed by atoms with Crippen molar-refractivity contribution in [2.75, 3.05) is 13.2 Å². The van der Waals surface area contributed by atoms with Crippen LogP contribution in [0.3, 0.4) is 0 Å². The molecule has 3 rings (SSSR count). The van der Waals surface area contributed by atoms with E-state index in [1.807, 2.05) is 36.4 Å². The van der Waals surface area contributed by atoms with Crippen molar-refractivity contribution in [1.82, 2.24) is 4.90 Å². The molecule has 1 aliphatic rings. The Kier molecular flexibility index (Phi) is 6.71. The summed E-state index contributed by atoms with van der Waals surface area (Å²) in [4.78, 5) is 13.3. The molecule has 1 heterocycles. The lowest BCUT2D eigenvalue weighted by molar-refractivity contribution is -0.139. The van der Waals surface area contributed by atoms with Crippen molar-refractivity contribution in [3.8, 4) is 11.5 Å². The summed E-state index contributed by atoms with van der Waals surface area (Å²) >= 11 is 0. The van der Waals surface area contributed by atoms with Gasteiger partial charge < -0.3 is 14.9 Å². The van der Waals surface area contributed by atoms with Crippen LogP contribution in [0.1, 0.15) is 36.8 Å². The summed E-state index contributed by atoms with van der Waals surface area (Å²) < 4.78 is 5.47. The highest BCUT2D eigenvalue weighted by molar-refractivity contribution is 5.68. The van der Waals surface area contributed by atoms with E-state index in [0.717, 1.165) is 31.5 Å². The van der Waals surface area contributed by atoms with Gasteiger partial charge >= 0.3 is 5.97 Å². The van der Waals surface area contributed by atoms with Gasteiger partial charge in [0.1, 0.15) is 11.5 Å². The smallest absolute Gasteiger partial charge is 0.341 e. The number of para-hydroxylation sites is 1. The molecule has 5 nitrogen and oxygen atoms in total. The topological polar surface area (TPSA) is 70.0 Å². The molecule has 0 aliphatic carbocycles. The van der Waals surface area contributed by atoms with Gasteiger partial charge in [0.15, 0.2) is 6.61 Å². The van der Waals surface area contributed by atoms with E-state index in [9.17, 15) is 9.90 Å². The van der Waals surface area contributed by atoms with Crippen LogP contribution in [0.4, 0.5) is 0 Å². The van der Waals surface area contributed by atoms with Crippen LogP contribution in [-0.2, 0) is 17.8 Å². The third-order valence-corrected chi connectivity index (χ3v) is 5.15. The van der Waals surface area contributed by atoms with Crippen molar-refractivity contribution in [2.24, 2.45) is 0 Å². The number of carboxylic acid groups (broad SMARTS) is 1. The number of nitrogens with zero attached hydrogens (tertiary/aromatic N) is 1. The Morgan fingerprint density at radius 3 is 2.67 bits per heavy atom. The molecule has 2 aromatic rings. The number of aliphatic carboxylic acids is 1. The van der Waals surface area contributed by atoms with Crippen molar-refractivity contribution in [3.05, 3.63) is 59.7 Å². The zero-order valence-corrected chi connectivity index (χ0v) is 15.5. The molecule has 0 bridgehead atoms. The van der Waals surface area contributed by atoms with Gasteiger partial charge in [-0.1, -0.05) is 36.8 Å². The minimum Gasteiger partial charge on any atom is -0.508 e. The van der Waals surface area contributed by atoms with Crippen LogP contribution in [0.15, 0.2) is 48.5 Å². The Hall–Kier alpha value is -2.53. The summed E-state index contributed by atoms with van der Waals surface area (Å²) in [7, 11) is 0. The average molecular weight is 369 g/mol. The highest BCUT2D eigenvalue weighted by Crippen LogP contribution is 2.27. The lowest BCUT2D eigenvalue weighted by atomic mass is 9.95. The second-order valence-corrected chi connectivity index (χ2v) is 7.12. The number of piperidine rings is 1. The van der Waals surface area contributed by atoms with Gasteiger partial charge in [-0.2, -0.15) is 0 Å². The summed E-state index contributed by atoms with van der Waals surface area (Å²) in [6.07, 6.45) is 5.67. The van der Waals surface area contributed by atoms with Crippen LogP contribution in [0.25, 0.3) is 0 Å². The van der Waals surface area contributed by atoms with Crippen molar-refractivity contribution < 1.29 is 19.7 Å². The molecule has 27 heavy (non-hydrogen) atoms. The van der Waals surface area contributed by atoms with E-state index >= 15 is 0 Å². The monoisotopic (exact) mass is 369 g/mol. The predicted molar refractivity (Wildman–Crippen MR) is 104 cm³/mol. The predicted octanol–water partition coefficient (Wildman–Crippen LogP) is 3.84. The van der Waals surface area contributed by atoms with Crippen LogP contribution in [0, 0.1) is 0 Å². The quantitative estimate of drug-likeness (QED) is 0.740. The van der Waals surface area contributed by atoms with E-state index in [4.69, 9.17) is 9.84 Å². The summed E-state index contributed by atoms with van der Waals surface area (Å²) in [5.41, 5.74) is 2.28. The largest absolute Gasteiger partial charge is 0.508 e. The molecule has 0 unspecified atom stereocenters. The van der Waals surface area contributed by atoms with Gasteiger partial charge in [-0.15, -0.1) is 0 Å². The van der Waals surface area contributed by atoms with E-state index < -0.39 is 5.97 Å². The first-order valence-corrected chi connectivity index (χ1v) is 9.56. The Bertz CT molecular complexity index is 744. The van der Waals surface area contributed by atoms with Crippen LogP contribution in [0.2, 0.25) is 0 Å². The molecule has 2 aromatic carbocycles. The SMILES string of the molecule is O=C(O)COc1ccccc1CN1CCCC[C@H]1CCc1ccc(O)cc1. The first-order chi connectivity index (χ1) is 13.1. The Labute approximate surface area is 160 Å². The van der Waals surface area contributed by atoms with Crippen molar-refractivity contribution in [2.45, 2.75) is 44.7 Å². The van der Waals surface area contributed by atoms with Crippen molar-refractivity contribution in [1.29, 1.82) is 0 Å². The molecule has 2 N–H and O–H groups in total. The number of benzene rings is 2. The maximum absolute atomic E-state index is 10.8. The van der Waals surface area contributed by atoms with Gasteiger partial charge in [0, 0.05) is 18.2 Å². The molecule has 1 aliphatic heterocycles. The number of rotatable bonds is 8. The summed E-state index contributed by atoms with van der Waals surface area (Å²) in [5.74, 6) is -0.00619. The summed E-state index contributed by atoms with van der Waals surface area (Å²) in [6, 6.07) is 15.7. The zero-order chi connectivity index (χ0) is 19.1. The number of aromatic hydroxyl groups is 1. The number of phenolic OH excluding ortho intramolecular Hbond substituents is 1. The third-order valence-electron chi connectivity index (χ3n) is 5.15. The van der Waals surface area contributed by atoms with E-state index in [0.29, 0.717) is 17.5 Å². The molecule has 1 saturated heterocycles. The zero-order valence-electron chi connectivity index (χ0n) is 15.5. The maximum atomic E-state index is 10.8. The van der Waals surface area contributed by atoms with Crippen molar-refractivity contribution >= 4 is 5.97 Å². The molecule has 0 spiro atoms. The van der Waals surface area contributed by atoms with Gasteiger partial charge in [-0.05, 0) is 56.0 Å². The summed E-state index contributed by atoms with van der Waals surface area (Å²) in [5, 5.41) is 18.3. The van der Waals surface area contributed by atoms with E-state index in [2.05, 4.69) is 4.90 Å². The van der Waals surface area contributed by atoms with Crippen molar-refractivity contribution in [3.63, 3.8) is 0 Å². The van der Waals surface area contributed by atoms with Gasteiger partial charge in [0.05, 0.1) is 0 Å². The average Bonchev–Trinajstić information content (AvgIpc) is 2.68. The standard InChI is InChI=1S/C22H27NO4/c24-20-12-9-17(10-13-20)8-11-19-6-3-4-14-23(19)15-18-5-1-2-7-21(18)27-16-22(25)26/h1-2,5,7,9-10,12-13,19,24H,3-4,6,8,11,14-16H2,(H,25,26)/t19-/m0/s1. The van der Waals surface area contributed by atoms with Crippen LogP contribution < -0.4 is 4.74 Å². The number of carboxylic acids is 1. The van der Waals surface area contributed by atoms with Crippen LogP contribution in [-0.4, -0.2) is 40.3 Å². The first kappa shape index (κ1) is 19.2. The highest BCUT2D eigenvalue weighted by atomic mass is 16.5. The number of hydrogen-bond acceptors (Lipinski definition) is 4. The second kappa shape index (κ2) is 9.42. The molecule has 0 aromatic heterocycles. The fourth-order valence-corrected chi connectivity index (χ4v) is 3.72. The maximum Gasteiger partial charge on any atom is 0.341 e. The number of hydrogen-bond donors (Lipinski definition) is 2. The Balaban J connectivity index is 1.63. The molecule has 0 radical (unpaired) electrons. The summed E-state index contributed by atoms with van der Waals surface area (Å²) in [6.45, 7) is 1.50. The van der Waals surface area contributed by atoms with Crippen LogP contribution in [0.5, 0.6) is 11.5 Å². The van der Waals surface area contributed by atoms with Gasteiger partial charge in [0.2, 0.25) is 0 Å². The van der Waals surface area contributed by atoms with Gasteiger partial charge in [-0.25, -0.2) is 4.79 Å². The molecule has 0 saturated carbocycles. The van der Waals surface area contributed by atoms with Gasteiger partial charge in [-0.3, -0.25) is 4.90 Å². The normalized spacial score (nSPS) is 17.6. The molecular formula is C22H27NO4. The lowest BCUT2D eigenvalue weighted by Gasteiger charge is -2.36. The molecule has 1 atom stereocenters. The van der Waals surface area contributed by atoms with Gasteiger partial charge in [0.25, 0.3) is 0 Å². The second-order valence-electron chi connectivity index (χ2n) is 7.12. The first-order valence-electron chi connectivity index (χ1n) is 9.56. The highest BCUT2D eigenvalue weighted by Gasteiger charge is 2.23. The molecular weight excluding hydrogens is 342 g/mol. The fourth-order valence-electron chi connectivity index (χ4n) is 3.72. The third kappa shape index (κ3) is 5.73. The number of aryl methyl sites for hydroxylation is 1. The van der Waals surface area contributed by atoms with Crippen LogP contribution >= 0.6 is 0 Å².